The van der Waals surface area contributed by atoms with Gasteiger partial charge in [-0.15, -0.1) is 0 Å². The van der Waals surface area contributed by atoms with Crippen LogP contribution in [0.2, 0.25) is 0 Å². The monoisotopic (exact) mass is 434 g/mol. The third-order valence-electron chi connectivity index (χ3n) is 4.86. The first-order chi connectivity index (χ1) is 15.4. The lowest BCUT2D eigenvalue weighted by molar-refractivity contribution is 0.0950. The molecule has 6 nitrogen and oxygen atoms in total. The highest BCUT2D eigenvalue weighted by Crippen LogP contribution is 2.27. The topological polar surface area (TPSA) is 69.0 Å². The molecule has 0 aliphatic rings. The van der Waals surface area contributed by atoms with E-state index in [1.54, 1.807) is 47.4 Å². The highest BCUT2D eigenvalue weighted by atomic mass is 19.2. The predicted molar refractivity (Wildman–Crippen MR) is 115 cm³/mol. The third-order valence-corrected chi connectivity index (χ3v) is 4.86. The molecule has 4 rings (SSSR count). The molecule has 162 valence electrons. The maximum absolute atomic E-state index is 13.4. The lowest BCUT2D eigenvalue weighted by Gasteiger charge is -2.11. The normalized spacial score (nSPS) is 10.8. The Morgan fingerprint density at radius 1 is 1.06 bits per heavy atom. The van der Waals surface area contributed by atoms with Crippen molar-refractivity contribution in [2.75, 3.05) is 0 Å². The van der Waals surface area contributed by atoms with Crippen LogP contribution in [0.3, 0.4) is 0 Å². The number of rotatable bonds is 6. The number of aromatic nitrogens is 3. The molecule has 2 heterocycles. The number of benzene rings is 2. The van der Waals surface area contributed by atoms with Gasteiger partial charge in [-0.05, 0) is 48.4 Å². The van der Waals surface area contributed by atoms with Crippen molar-refractivity contribution in [2.24, 2.45) is 7.05 Å². The number of hydrogen-bond donors (Lipinski definition) is 1. The number of nitrogens with one attached hydrogen (secondary N) is 1. The summed E-state index contributed by atoms with van der Waals surface area (Å²) < 4.78 is 34.1. The molecule has 0 aliphatic carbocycles. The zero-order valence-corrected chi connectivity index (χ0v) is 17.5. The molecule has 8 heteroatoms. The largest absolute Gasteiger partial charge is 0.457 e. The summed E-state index contributed by atoms with van der Waals surface area (Å²) in [5.74, 6) is -1.17. The molecule has 0 atom stereocenters. The summed E-state index contributed by atoms with van der Waals surface area (Å²) in [4.78, 5) is 17.0. The minimum atomic E-state index is -0.952. The summed E-state index contributed by atoms with van der Waals surface area (Å²) in [6.07, 6.45) is 5.21. The molecule has 0 aliphatic heterocycles. The van der Waals surface area contributed by atoms with Gasteiger partial charge in [0.05, 0.1) is 11.9 Å². The fraction of sp³-hybridized carbons (Fsp3) is 0.125. The third kappa shape index (κ3) is 4.80. The summed E-state index contributed by atoms with van der Waals surface area (Å²) >= 11 is 0. The van der Waals surface area contributed by atoms with Crippen LogP contribution in [-0.2, 0) is 13.6 Å². The molecule has 0 radical (unpaired) electrons. The molecule has 2 aromatic heterocycles. The van der Waals surface area contributed by atoms with Crippen LogP contribution in [0.5, 0.6) is 11.5 Å². The van der Waals surface area contributed by atoms with Crippen LogP contribution in [0.4, 0.5) is 8.78 Å². The Balaban J connectivity index is 1.48. The van der Waals surface area contributed by atoms with Crippen LogP contribution in [0, 0.1) is 18.6 Å². The quantitative estimate of drug-likeness (QED) is 0.474. The van der Waals surface area contributed by atoms with Gasteiger partial charge in [-0.2, -0.15) is 5.10 Å². The molecule has 1 amide bonds. The maximum Gasteiger partial charge on any atom is 0.251 e. The molecular weight excluding hydrogens is 414 g/mol. The van der Waals surface area contributed by atoms with Crippen molar-refractivity contribution < 1.29 is 18.3 Å². The van der Waals surface area contributed by atoms with Gasteiger partial charge in [0.1, 0.15) is 11.5 Å². The van der Waals surface area contributed by atoms with E-state index in [1.807, 2.05) is 20.2 Å². The number of nitrogens with zero attached hydrogens (tertiary/aromatic N) is 3. The number of carbonyl (C=O) groups excluding carboxylic acids is 1. The van der Waals surface area contributed by atoms with Crippen molar-refractivity contribution in [3.05, 3.63) is 95.4 Å². The molecule has 0 saturated carbocycles. The lowest BCUT2D eigenvalue weighted by Crippen LogP contribution is -2.23. The smallest absolute Gasteiger partial charge is 0.251 e. The summed E-state index contributed by atoms with van der Waals surface area (Å²) in [5.41, 5.74) is 3.21. The number of pyridine rings is 1. The van der Waals surface area contributed by atoms with Crippen LogP contribution in [0.15, 0.2) is 67.1 Å². The molecule has 0 saturated heterocycles. The Morgan fingerprint density at radius 3 is 2.62 bits per heavy atom. The number of ether oxygens (including phenoxy) is 1. The van der Waals surface area contributed by atoms with E-state index in [4.69, 9.17) is 4.74 Å². The van der Waals surface area contributed by atoms with Crippen LogP contribution in [0.1, 0.15) is 21.5 Å². The minimum Gasteiger partial charge on any atom is -0.457 e. The Hall–Kier alpha value is -4.07. The van der Waals surface area contributed by atoms with Gasteiger partial charge in [-0.25, -0.2) is 8.78 Å². The van der Waals surface area contributed by atoms with Crippen molar-refractivity contribution in [3.8, 4) is 22.8 Å². The van der Waals surface area contributed by atoms with E-state index in [9.17, 15) is 13.6 Å². The number of hydrogen-bond acceptors (Lipinski definition) is 4. The predicted octanol–water partition coefficient (Wildman–Crippen LogP) is 4.79. The second-order valence-corrected chi connectivity index (χ2v) is 7.29. The molecule has 0 spiro atoms. The first-order valence-electron chi connectivity index (χ1n) is 9.85. The van der Waals surface area contributed by atoms with Crippen molar-refractivity contribution in [1.29, 1.82) is 0 Å². The van der Waals surface area contributed by atoms with E-state index >= 15 is 0 Å². The van der Waals surface area contributed by atoms with Gasteiger partial charge >= 0.3 is 0 Å². The zero-order chi connectivity index (χ0) is 22.7. The highest BCUT2D eigenvalue weighted by molar-refractivity contribution is 5.96. The Labute approximate surface area is 183 Å². The number of carbonyl (C=O) groups is 1. The van der Waals surface area contributed by atoms with Crippen LogP contribution >= 0.6 is 0 Å². The fourth-order valence-corrected chi connectivity index (χ4v) is 3.16. The minimum absolute atomic E-state index is 0.0688. The SMILES string of the molecule is Cc1ccc(Oc2ccnc(-c3cnn(C)c3)c2)cc1C(=O)NCc1ccc(F)c(F)c1. The summed E-state index contributed by atoms with van der Waals surface area (Å²) in [7, 11) is 1.83. The number of halogens is 2. The van der Waals surface area contributed by atoms with Crippen molar-refractivity contribution in [1.82, 2.24) is 20.1 Å². The van der Waals surface area contributed by atoms with E-state index in [2.05, 4.69) is 15.4 Å². The Morgan fingerprint density at radius 2 is 1.88 bits per heavy atom. The molecule has 0 unspecified atom stereocenters. The Kier molecular flexibility index (Phi) is 5.93. The van der Waals surface area contributed by atoms with Gasteiger partial charge in [-0.1, -0.05) is 12.1 Å². The van der Waals surface area contributed by atoms with Gasteiger partial charge in [0, 0.05) is 43.2 Å². The van der Waals surface area contributed by atoms with Crippen molar-refractivity contribution >= 4 is 5.91 Å². The fourth-order valence-electron chi connectivity index (χ4n) is 3.16. The van der Waals surface area contributed by atoms with E-state index < -0.39 is 11.6 Å². The molecule has 32 heavy (non-hydrogen) atoms. The summed E-state index contributed by atoms with van der Waals surface area (Å²) in [5, 5.41) is 6.87. The van der Waals surface area contributed by atoms with Crippen LogP contribution in [0.25, 0.3) is 11.3 Å². The maximum atomic E-state index is 13.4. The molecule has 4 aromatic rings. The lowest BCUT2D eigenvalue weighted by atomic mass is 10.1. The van der Waals surface area contributed by atoms with E-state index in [0.717, 1.165) is 23.3 Å². The van der Waals surface area contributed by atoms with Gasteiger partial charge in [-0.3, -0.25) is 14.5 Å². The van der Waals surface area contributed by atoms with Gasteiger partial charge in [0.25, 0.3) is 5.91 Å². The Bertz CT molecular complexity index is 1290. The molecule has 1 N–H and O–H groups in total. The summed E-state index contributed by atoms with van der Waals surface area (Å²) in [6.45, 7) is 1.88. The van der Waals surface area contributed by atoms with Crippen LogP contribution < -0.4 is 10.1 Å². The van der Waals surface area contributed by atoms with Gasteiger partial charge in [0.15, 0.2) is 11.6 Å². The summed E-state index contributed by atoms with van der Waals surface area (Å²) in [6, 6.07) is 12.2. The first kappa shape index (κ1) is 21.2. The second kappa shape index (κ2) is 8.97. The molecule has 0 bridgehead atoms. The first-order valence-corrected chi connectivity index (χ1v) is 9.85. The van der Waals surface area contributed by atoms with Gasteiger partial charge in [0.2, 0.25) is 0 Å². The van der Waals surface area contributed by atoms with Gasteiger partial charge < -0.3 is 10.1 Å². The van der Waals surface area contributed by atoms with E-state index in [-0.39, 0.29) is 12.5 Å². The zero-order valence-electron chi connectivity index (χ0n) is 17.5. The number of amides is 1. The van der Waals surface area contributed by atoms with E-state index in [1.165, 1.54) is 6.07 Å². The van der Waals surface area contributed by atoms with Crippen molar-refractivity contribution in [3.63, 3.8) is 0 Å². The highest BCUT2D eigenvalue weighted by Gasteiger charge is 2.12. The van der Waals surface area contributed by atoms with Crippen molar-refractivity contribution in [2.45, 2.75) is 13.5 Å². The molecule has 0 fully saturated rings. The number of aryl methyl sites for hydroxylation is 2. The molecular formula is C24H20F2N4O2. The average molecular weight is 434 g/mol. The average Bonchev–Trinajstić information content (AvgIpc) is 3.22. The standard InChI is InChI=1S/C24H20F2N4O2/c1-15-3-5-18(32-19-7-8-27-23(11-19)17-13-29-30(2)14-17)10-20(15)24(31)28-12-16-4-6-21(25)22(26)9-16/h3-11,13-14H,12H2,1-2H3,(H,28,31). The molecule has 2 aromatic carbocycles. The van der Waals surface area contributed by atoms with Crippen LogP contribution in [-0.4, -0.2) is 20.7 Å². The van der Waals surface area contributed by atoms with E-state index in [0.29, 0.717) is 28.3 Å². The second-order valence-electron chi connectivity index (χ2n) is 7.29.